The molecule has 0 saturated carbocycles. The first-order valence-corrected chi connectivity index (χ1v) is 9.82. The van der Waals surface area contributed by atoms with Gasteiger partial charge in [0, 0.05) is 39.3 Å². The second-order valence-corrected chi connectivity index (χ2v) is 7.87. The topological polar surface area (TPSA) is 70.5 Å². The number of nitrogens with one attached hydrogen (secondary N) is 1. The van der Waals surface area contributed by atoms with Gasteiger partial charge in [-0.15, -0.1) is 0 Å². The number of hydrogen-bond donors (Lipinski definition) is 1. The molecule has 3 heterocycles. The number of fused-ring (bicyclic) bond motifs is 1. The minimum atomic E-state index is -0.145. The number of imidazole rings is 1. The Hall–Kier alpha value is -1.89. The molecule has 1 aromatic heterocycles. The Kier molecular flexibility index (Phi) is 5.96. The number of amides is 2. The average molecular weight is 361 g/mol. The predicted molar refractivity (Wildman–Crippen MR) is 100 cm³/mol. The first-order valence-electron chi connectivity index (χ1n) is 9.82. The molecule has 0 aromatic carbocycles. The molecular weight excluding hydrogens is 330 g/mol. The quantitative estimate of drug-likeness (QED) is 0.860. The maximum atomic E-state index is 13.0. The van der Waals surface area contributed by atoms with Crippen molar-refractivity contribution in [3.05, 3.63) is 17.2 Å². The van der Waals surface area contributed by atoms with Crippen LogP contribution >= 0.6 is 0 Å². The van der Waals surface area contributed by atoms with E-state index in [0.717, 1.165) is 51.0 Å². The number of likely N-dealkylation sites (N-methyl/N-ethyl adjacent to an activating group) is 1. The molecule has 1 saturated heterocycles. The summed E-state index contributed by atoms with van der Waals surface area (Å²) in [6, 6.07) is 0. The largest absolute Gasteiger partial charge is 0.351 e. The molecule has 1 aromatic rings. The van der Waals surface area contributed by atoms with Gasteiger partial charge in [0.05, 0.1) is 5.69 Å². The summed E-state index contributed by atoms with van der Waals surface area (Å²) in [5.41, 5.74) is 1.38. The van der Waals surface area contributed by atoms with Crippen LogP contribution in [0.2, 0.25) is 0 Å². The van der Waals surface area contributed by atoms with Gasteiger partial charge in [-0.25, -0.2) is 4.98 Å². The molecule has 2 aliphatic rings. The lowest BCUT2D eigenvalue weighted by Crippen LogP contribution is -2.47. The Morgan fingerprint density at radius 1 is 1.12 bits per heavy atom. The zero-order valence-electron chi connectivity index (χ0n) is 16.3. The van der Waals surface area contributed by atoms with Gasteiger partial charge in [0.15, 0.2) is 5.82 Å². The summed E-state index contributed by atoms with van der Waals surface area (Å²) in [7, 11) is 2.07. The lowest BCUT2D eigenvalue weighted by molar-refractivity contribution is 0.0645. The summed E-state index contributed by atoms with van der Waals surface area (Å²) in [4.78, 5) is 34.3. The van der Waals surface area contributed by atoms with Gasteiger partial charge in [-0.3, -0.25) is 9.59 Å². The Bertz CT molecular complexity index is 659. The van der Waals surface area contributed by atoms with E-state index in [1.165, 1.54) is 0 Å². The van der Waals surface area contributed by atoms with Gasteiger partial charge in [0.2, 0.25) is 0 Å². The molecule has 3 rings (SSSR count). The van der Waals surface area contributed by atoms with E-state index in [-0.39, 0.29) is 11.8 Å². The number of carbonyl (C=O) groups excluding carboxylic acids is 2. The van der Waals surface area contributed by atoms with Gasteiger partial charge < -0.3 is 19.7 Å². The van der Waals surface area contributed by atoms with Crippen LogP contribution in [0.4, 0.5) is 0 Å². The Labute approximate surface area is 155 Å². The minimum absolute atomic E-state index is 0.0394. The van der Waals surface area contributed by atoms with Crippen LogP contribution in [0.5, 0.6) is 0 Å². The second kappa shape index (κ2) is 8.20. The fourth-order valence-electron chi connectivity index (χ4n) is 3.60. The van der Waals surface area contributed by atoms with Crippen LogP contribution in [0.1, 0.15) is 59.9 Å². The third-order valence-electron chi connectivity index (χ3n) is 5.32. The zero-order chi connectivity index (χ0) is 18.7. The van der Waals surface area contributed by atoms with Crippen molar-refractivity contribution >= 4 is 11.8 Å². The van der Waals surface area contributed by atoms with Crippen molar-refractivity contribution in [3.63, 3.8) is 0 Å². The molecule has 0 spiro atoms. The highest BCUT2D eigenvalue weighted by Crippen LogP contribution is 2.22. The van der Waals surface area contributed by atoms with Gasteiger partial charge in [0.1, 0.15) is 5.69 Å². The number of hydrogen-bond acceptors (Lipinski definition) is 4. The van der Waals surface area contributed by atoms with Crippen molar-refractivity contribution in [1.29, 1.82) is 0 Å². The smallest absolute Gasteiger partial charge is 0.289 e. The van der Waals surface area contributed by atoms with Gasteiger partial charge >= 0.3 is 0 Å². The van der Waals surface area contributed by atoms with Crippen molar-refractivity contribution in [2.45, 2.75) is 46.1 Å². The van der Waals surface area contributed by atoms with E-state index in [0.29, 0.717) is 37.1 Å². The summed E-state index contributed by atoms with van der Waals surface area (Å²) in [6.07, 6.45) is 3.83. The van der Waals surface area contributed by atoms with E-state index in [9.17, 15) is 9.59 Å². The monoisotopic (exact) mass is 361 g/mol. The highest BCUT2D eigenvalue weighted by molar-refractivity contribution is 5.97. The molecule has 1 N–H and O–H groups in total. The molecule has 26 heavy (non-hydrogen) atoms. The summed E-state index contributed by atoms with van der Waals surface area (Å²) >= 11 is 0. The maximum Gasteiger partial charge on any atom is 0.289 e. The van der Waals surface area contributed by atoms with Gasteiger partial charge in [-0.05, 0) is 38.6 Å². The van der Waals surface area contributed by atoms with Crippen LogP contribution in [0, 0.1) is 5.92 Å². The summed E-state index contributed by atoms with van der Waals surface area (Å²) in [6.45, 7) is 8.88. The number of rotatable bonds is 5. The lowest BCUT2D eigenvalue weighted by Gasteiger charge is -2.32. The first kappa shape index (κ1) is 18.9. The SMILES string of the molecule is CC(C)CCNC(=O)c1nc(C(=O)N2CCN(C)CC2)n2c1CCCC2. The Balaban J connectivity index is 1.79. The fourth-order valence-corrected chi connectivity index (χ4v) is 3.60. The van der Waals surface area contributed by atoms with Crippen molar-refractivity contribution in [3.8, 4) is 0 Å². The highest BCUT2D eigenvalue weighted by atomic mass is 16.2. The van der Waals surface area contributed by atoms with Gasteiger partial charge in [-0.2, -0.15) is 0 Å². The molecule has 1 fully saturated rings. The fraction of sp³-hybridized carbons (Fsp3) is 0.737. The first-order chi connectivity index (χ1) is 12.5. The second-order valence-electron chi connectivity index (χ2n) is 7.87. The van der Waals surface area contributed by atoms with Crippen LogP contribution in [0.25, 0.3) is 0 Å². The van der Waals surface area contributed by atoms with Crippen molar-refractivity contribution < 1.29 is 9.59 Å². The maximum absolute atomic E-state index is 13.0. The van der Waals surface area contributed by atoms with Gasteiger partial charge in [-0.1, -0.05) is 13.8 Å². The standard InChI is InChI=1S/C19H31N5O2/c1-14(2)7-8-20-18(25)16-15-6-4-5-9-24(15)17(21-16)19(26)23-12-10-22(3)11-13-23/h14H,4-13H2,1-3H3,(H,20,25). The van der Waals surface area contributed by atoms with Crippen LogP contribution < -0.4 is 5.32 Å². The molecule has 2 amide bonds. The van der Waals surface area contributed by atoms with E-state index < -0.39 is 0 Å². The molecule has 0 radical (unpaired) electrons. The van der Waals surface area contributed by atoms with E-state index in [1.54, 1.807) is 0 Å². The Morgan fingerprint density at radius 3 is 2.54 bits per heavy atom. The van der Waals surface area contributed by atoms with Crippen molar-refractivity contribution in [2.75, 3.05) is 39.8 Å². The van der Waals surface area contributed by atoms with E-state index in [4.69, 9.17) is 0 Å². The number of piperazine rings is 1. The third kappa shape index (κ3) is 4.09. The molecular formula is C19H31N5O2. The van der Waals surface area contributed by atoms with E-state index in [2.05, 4.69) is 36.1 Å². The molecule has 144 valence electrons. The third-order valence-corrected chi connectivity index (χ3v) is 5.32. The number of aromatic nitrogens is 2. The summed E-state index contributed by atoms with van der Waals surface area (Å²) in [5.74, 6) is 0.801. The number of carbonyl (C=O) groups is 2. The molecule has 7 heteroatoms. The van der Waals surface area contributed by atoms with E-state index in [1.807, 2.05) is 9.47 Å². The van der Waals surface area contributed by atoms with Crippen molar-refractivity contribution in [1.82, 2.24) is 24.7 Å². The van der Waals surface area contributed by atoms with Crippen LogP contribution in [0.3, 0.4) is 0 Å². The highest BCUT2D eigenvalue weighted by Gasteiger charge is 2.30. The van der Waals surface area contributed by atoms with Crippen LogP contribution in [0.15, 0.2) is 0 Å². The van der Waals surface area contributed by atoms with Crippen LogP contribution in [-0.2, 0) is 13.0 Å². The Morgan fingerprint density at radius 2 is 1.85 bits per heavy atom. The molecule has 0 atom stereocenters. The molecule has 0 bridgehead atoms. The lowest BCUT2D eigenvalue weighted by atomic mass is 10.1. The minimum Gasteiger partial charge on any atom is -0.351 e. The zero-order valence-corrected chi connectivity index (χ0v) is 16.3. The van der Waals surface area contributed by atoms with Crippen LogP contribution in [-0.4, -0.2) is 70.9 Å². The number of nitrogens with zero attached hydrogens (tertiary/aromatic N) is 4. The molecule has 2 aliphatic heterocycles. The molecule has 0 unspecified atom stereocenters. The molecule has 7 nitrogen and oxygen atoms in total. The summed E-state index contributed by atoms with van der Waals surface area (Å²) < 4.78 is 1.99. The average Bonchev–Trinajstić information content (AvgIpc) is 3.01. The van der Waals surface area contributed by atoms with Gasteiger partial charge in [0.25, 0.3) is 11.8 Å². The normalized spacial score (nSPS) is 18.1. The predicted octanol–water partition coefficient (Wildman–Crippen LogP) is 1.38. The summed E-state index contributed by atoms with van der Waals surface area (Å²) in [5, 5.41) is 2.97. The van der Waals surface area contributed by atoms with Crippen molar-refractivity contribution in [2.24, 2.45) is 5.92 Å². The molecule has 0 aliphatic carbocycles. The van der Waals surface area contributed by atoms with E-state index >= 15 is 0 Å².